The van der Waals surface area contributed by atoms with Crippen molar-refractivity contribution in [3.05, 3.63) is 35.4 Å². The fourth-order valence-corrected chi connectivity index (χ4v) is 3.99. The molecule has 214 valence electrons. The molecule has 0 aliphatic rings. The fourth-order valence-electron chi connectivity index (χ4n) is 3.99. The summed E-state index contributed by atoms with van der Waals surface area (Å²) in [6, 6.07) is 5.48. The van der Waals surface area contributed by atoms with Crippen LogP contribution >= 0.6 is 0 Å². The zero-order valence-corrected chi connectivity index (χ0v) is 24.8. The van der Waals surface area contributed by atoms with E-state index in [-0.39, 0.29) is 25.5 Å². The van der Waals surface area contributed by atoms with Crippen LogP contribution in [-0.4, -0.2) is 59.1 Å². The topological polar surface area (TPSA) is 114 Å². The van der Waals surface area contributed by atoms with Crippen LogP contribution < -0.4 is 10.6 Å². The molecule has 9 heteroatoms. The molecule has 0 saturated carbocycles. The van der Waals surface area contributed by atoms with E-state index < -0.39 is 47.1 Å². The van der Waals surface area contributed by atoms with Crippen LogP contribution in [0.25, 0.3) is 0 Å². The number of alkyl carbamates (subject to hydrolysis) is 1. The first-order valence-corrected chi connectivity index (χ1v) is 13.3. The molecule has 0 aliphatic heterocycles. The van der Waals surface area contributed by atoms with Gasteiger partial charge in [0.05, 0.1) is 13.0 Å². The number of benzene rings is 1. The van der Waals surface area contributed by atoms with Crippen LogP contribution in [0.3, 0.4) is 0 Å². The molecule has 3 amide bonds. The molecule has 0 bridgehead atoms. The molecule has 0 heterocycles. The van der Waals surface area contributed by atoms with Gasteiger partial charge in [0, 0.05) is 12.1 Å². The average Bonchev–Trinajstić information content (AvgIpc) is 2.78. The zero-order chi connectivity index (χ0) is 29.3. The summed E-state index contributed by atoms with van der Waals surface area (Å²) in [6.45, 7) is 18.6. The summed E-state index contributed by atoms with van der Waals surface area (Å²) >= 11 is 0. The number of rotatable bonds is 11. The SMILES string of the molecule is CCOC(=O)CCNC(=O)C(c1cccc(C)c1)N(C(=O)C(NC(=O)OC(C)(C)C)C(C)CC)C(C)(C)C. The van der Waals surface area contributed by atoms with Gasteiger partial charge in [-0.3, -0.25) is 14.4 Å². The Morgan fingerprint density at radius 2 is 1.66 bits per heavy atom. The number of carbonyl (C=O) groups excluding carboxylic acids is 4. The molecule has 0 fully saturated rings. The van der Waals surface area contributed by atoms with Crippen molar-refractivity contribution in [2.75, 3.05) is 13.2 Å². The second-order valence-electron chi connectivity index (χ2n) is 11.6. The molecule has 1 aromatic carbocycles. The number of nitrogens with one attached hydrogen (secondary N) is 2. The zero-order valence-electron chi connectivity index (χ0n) is 24.8. The second-order valence-corrected chi connectivity index (χ2v) is 11.6. The predicted molar refractivity (Wildman–Crippen MR) is 147 cm³/mol. The van der Waals surface area contributed by atoms with Crippen LogP contribution in [-0.2, 0) is 23.9 Å². The number of nitrogens with zero attached hydrogens (tertiary/aromatic N) is 1. The first-order chi connectivity index (χ1) is 17.5. The fraction of sp³-hybridized carbons (Fsp3) is 0.655. The van der Waals surface area contributed by atoms with E-state index in [9.17, 15) is 19.2 Å². The third-order valence-corrected chi connectivity index (χ3v) is 5.91. The quantitative estimate of drug-likeness (QED) is 0.400. The highest BCUT2D eigenvalue weighted by atomic mass is 16.6. The van der Waals surface area contributed by atoms with Crippen molar-refractivity contribution in [3.8, 4) is 0 Å². The minimum Gasteiger partial charge on any atom is -0.466 e. The van der Waals surface area contributed by atoms with Crippen LogP contribution in [0.4, 0.5) is 4.79 Å². The maximum Gasteiger partial charge on any atom is 0.408 e. The van der Waals surface area contributed by atoms with Gasteiger partial charge in [0.2, 0.25) is 11.8 Å². The van der Waals surface area contributed by atoms with Crippen molar-refractivity contribution in [2.24, 2.45) is 5.92 Å². The summed E-state index contributed by atoms with van der Waals surface area (Å²) in [5.41, 5.74) is 0.0194. The van der Waals surface area contributed by atoms with Crippen LogP contribution in [0.15, 0.2) is 24.3 Å². The minimum atomic E-state index is -1.00. The molecule has 0 spiro atoms. The normalized spacial score (nSPS) is 14.1. The molecule has 3 unspecified atom stereocenters. The number of aryl methyl sites for hydroxylation is 1. The highest BCUT2D eigenvalue weighted by Crippen LogP contribution is 2.31. The lowest BCUT2D eigenvalue weighted by molar-refractivity contribution is -0.150. The summed E-state index contributed by atoms with van der Waals surface area (Å²) in [5.74, 6) is -1.47. The first kappa shape index (κ1) is 32.9. The molecule has 1 rings (SSSR count). The number of amides is 3. The summed E-state index contributed by atoms with van der Waals surface area (Å²) in [6.07, 6.45) is -0.0689. The van der Waals surface area contributed by atoms with E-state index in [0.29, 0.717) is 12.0 Å². The smallest absolute Gasteiger partial charge is 0.408 e. The van der Waals surface area contributed by atoms with Gasteiger partial charge in [0.1, 0.15) is 17.7 Å². The van der Waals surface area contributed by atoms with Gasteiger partial charge in [-0.25, -0.2) is 4.79 Å². The lowest BCUT2D eigenvalue weighted by Gasteiger charge is -2.44. The molecule has 3 atom stereocenters. The monoisotopic (exact) mass is 533 g/mol. The molecule has 0 saturated heterocycles. The van der Waals surface area contributed by atoms with Crippen LogP contribution in [0, 0.1) is 12.8 Å². The summed E-state index contributed by atoms with van der Waals surface area (Å²) in [7, 11) is 0. The number of ether oxygens (including phenoxy) is 2. The summed E-state index contributed by atoms with van der Waals surface area (Å²) < 4.78 is 10.4. The van der Waals surface area contributed by atoms with Gasteiger partial charge in [-0.1, -0.05) is 50.1 Å². The van der Waals surface area contributed by atoms with E-state index >= 15 is 0 Å². The molecule has 2 N–H and O–H groups in total. The highest BCUT2D eigenvalue weighted by Gasteiger charge is 2.43. The minimum absolute atomic E-state index is 0.0132. The first-order valence-electron chi connectivity index (χ1n) is 13.3. The maximum atomic E-state index is 14.3. The van der Waals surface area contributed by atoms with Crippen molar-refractivity contribution in [3.63, 3.8) is 0 Å². The summed E-state index contributed by atoms with van der Waals surface area (Å²) in [5, 5.41) is 5.57. The van der Waals surface area contributed by atoms with Gasteiger partial charge in [0.15, 0.2) is 0 Å². The van der Waals surface area contributed by atoms with Crippen LogP contribution in [0.1, 0.15) is 92.3 Å². The third-order valence-electron chi connectivity index (χ3n) is 5.91. The number of esters is 1. The van der Waals surface area contributed by atoms with Crippen molar-refractivity contribution in [2.45, 2.75) is 105 Å². The third kappa shape index (κ3) is 10.3. The van der Waals surface area contributed by atoms with Crippen molar-refractivity contribution in [1.82, 2.24) is 15.5 Å². The molecule has 38 heavy (non-hydrogen) atoms. The van der Waals surface area contributed by atoms with Crippen LogP contribution in [0.5, 0.6) is 0 Å². The van der Waals surface area contributed by atoms with E-state index in [0.717, 1.165) is 5.56 Å². The van der Waals surface area contributed by atoms with Gasteiger partial charge in [0.25, 0.3) is 0 Å². The van der Waals surface area contributed by atoms with Crippen molar-refractivity contribution < 1.29 is 28.7 Å². The maximum absolute atomic E-state index is 14.3. The Balaban J connectivity index is 3.50. The van der Waals surface area contributed by atoms with E-state index in [4.69, 9.17) is 9.47 Å². The summed E-state index contributed by atoms with van der Waals surface area (Å²) in [4.78, 5) is 54.0. The Morgan fingerprint density at radius 3 is 2.16 bits per heavy atom. The number of hydrogen-bond donors (Lipinski definition) is 2. The van der Waals surface area contributed by atoms with Gasteiger partial charge in [-0.2, -0.15) is 0 Å². The Hall–Kier alpha value is -3.10. The number of hydrogen-bond acceptors (Lipinski definition) is 6. The lowest BCUT2D eigenvalue weighted by Crippen LogP contribution is -2.60. The molecule has 0 aromatic heterocycles. The highest BCUT2D eigenvalue weighted by molar-refractivity contribution is 5.93. The molecular weight excluding hydrogens is 486 g/mol. The van der Waals surface area contributed by atoms with E-state index in [1.165, 1.54) is 4.90 Å². The number of carbonyl (C=O) groups is 4. The largest absolute Gasteiger partial charge is 0.466 e. The van der Waals surface area contributed by atoms with Gasteiger partial charge < -0.3 is 25.0 Å². The lowest BCUT2D eigenvalue weighted by atomic mass is 9.91. The van der Waals surface area contributed by atoms with Gasteiger partial charge in [-0.05, 0) is 66.9 Å². The van der Waals surface area contributed by atoms with E-state index in [1.54, 1.807) is 33.8 Å². The van der Waals surface area contributed by atoms with Crippen molar-refractivity contribution in [1.29, 1.82) is 0 Å². The van der Waals surface area contributed by atoms with Gasteiger partial charge >= 0.3 is 12.1 Å². The van der Waals surface area contributed by atoms with Gasteiger partial charge in [-0.15, -0.1) is 0 Å². The van der Waals surface area contributed by atoms with Crippen LogP contribution in [0.2, 0.25) is 0 Å². The Bertz CT molecular complexity index is 964. The average molecular weight is 534 g/mol. The standard InChI is InChI=1S/C29H47N3O6/c1-11-20(4)23(31-27(36)38-29(8,9)10)26(35)32(28(5,6)7)24(21-15-13-14-19(3)18-21)25(34)30-17-16-22(33)37-12-2/h13-15,18,20,23-24H,11-12,16-17H2,1-10H3,(H,30,34)(H,31,36). The van der Waals surface area contributed by atoms with E-state index in [1.807, 2.05) is 59.7 Å². The molecule has 0 radical (unpaired) electrons. The van der Waals surface area contributed by atoms with Crippen molar-refractivity contribution >= 4 is 23.9 Å². The second kappa shape index (κ2) is 14.2. The Kier molecular flexibility index (Phi) is 12.3. The molecule has 0 aliphatic carbocycles. The molecule has 9 nitrogen and oxygen atoms in total. The molecular formula is C29H47N3O6. The Labute approximate surface area is 228 Å². The Morgan fingerprint density at radius 1 is 1.03 bits per heavy atom. The molecule has 1 aromatic rings. The predicted octanol–water partition coefficient (Wildman–Crippen LogP) is 4.67. The van der Waals surface area contributed by atoms with E-state index in [2.05, 4.69) is 10.6 Å².